The summed E-state index contributed by atoms with van der Waals surface area (Å²) in [5.74, 6) is -2.14. The van der Waals surface area contributed by atoms with Crippen molar-refractivity contribution in [3.05, 3.63) is 29.8 Å². The number of carboxylic acid groups (broad SMARTS) is 1. The number of halogens is 2. The molecule has 0 aromatic heterocycles. The van der Waals surface area contributed by atoms with Gasteiger partial charge in [-0.15, -0.1) is 0 Å². The third-order valence-corrected chi connectivity index (χ3v) is 3.09. The summed E-state index contributed by atoms with van der Waals surface area (Å²) in [4.78, 5) is 12.5. The number of piperidine rings is 1. The number of carbonyl (C=O) groups is 1. The molecule has 1 saturated heterocycles. The van der Waals surface area contributed by atoms with E-state index in [0.29, 0.717) is 25.9 Å². The summed E-state index contributed by atoms with van der Waals surface area (Å²) in [6, 6.07) is 3.31. The molecule has 3 nitrogen and oxygen atoms in total. The molecular weight excluding hydrogens is 228 g/mol. The van der Waals surface area contributed by atoms with Crippen molar-refractivity contribution in [2.75, 3.05) is 18.0 Å². The summed E-state index contributed by atoms with van der Waals surface area (Å²) in [6.45, 7) is 0.884. The van der Waals surface area contributed by atoms with E-state index in [1.165, 1.54) is 0 Å². The molecule has 1 fully saturated rings. The molecule has 17 heavy (non-hydrogen) atoms. The van der Waals surface area contributed by atoms with Gasteiger partial charge in [0.1, 0.15) is 11.6 Å². The molecule has 2 rings (SSSR count). The number of anilines is 1. The highest BCUT2D eigenvalue weighted by Gasteiger charge is 2.25. The zero-order valence-corrected chi connectivity index (χ0v) is 9.20. The van der Waals surface area contributed by atoms with E-state index in [2.05, 4.69) is 0 Å². The second-order valence-electron chi connectivity index (χ2n) is 4.20. The van der Waals surface area contributed by atoms with E-state index >= 15 is 0 Å². The fourth-order valence-corrected chi connectivity index (χ4v) is 2.10. The first-order valence-electron chi connectivity index (χ1n) is 5.50. The number of carboxylic acids is 1. The Morgan fingerprint density at radius 1 is 1.29 bits per heavy atom. The molecule has 0 saturated carbocycles. The Kier molecular flexibility index (Phi) is 3.26. The third-order valence-electron chi connectivity index (χ3n) is 3.09. The van der Waals surface area contributed by atoms with Crippen molar-refractivity contribution < 1.29 is 18.7 Å². The minimum Gasteiger partial charge on any atom is -0.481 e. The number of rotatable bonds is 2. The van der Waals surface area contributed by atoms with Crippen LogP contribution in [-0.2, 0) is 4.79 Å². The largest absolute Gasteiger partial charge is 0.481 e. The van der Waals surface area contributed by atoms with Gasteiger partial charge in [0.15, 0.2) is 0 Å². The molecular formula is C12H13F2NO2. The second-order valence-corrected chi connectivity index (χ2v) is 4.20. The molecule has 0 bridgehead atoms. The molecule has 0 atom stereocenters. The van der Waals surface area contributed by atoms with E-state index in [0.717, 1.165) is 18.2 Å². The zero-order chi connectivity index (χ0) is 12.4. The first-order chi connectivity index (χ1) is 8.08. The van der Waals surface area contributed by atoms with Crippen LogP contribution in [0.15, 0.2) is 18.2 Å². The number of benzene rings is 1. The maximum Gasteiger partial charge on any atom is 0.306 e. The minimum absolute atomic E-state index is 0.217. The van der Waals surface area contributed by atoms with Gasteiger partial charge in [-0.1, -0.05) is 0 Å². The van der Waals surface area contributed by atoms with Crippen molar-refractivity contribution in [3.63, 3.8) is 0 Å². The fourth-order valence-electron chi connectivity index (χ4n) is 2.10. The van der Waals surface area contributed by atoms with Crippen molar-refractivity contribution in [2.45, 2.75) is 12.8 Å². The highest BCUT2D eigenvalue weighted by Crippen LogP contribution is 2.26. The minimum atomic E-state index is -0.815. The van der Waals surface area contributed by atoms with E-state index in [1.54, 1.807) is 4.90 Å². The Morgan fingerprint density at radius 2 is 1.94 bits per heavy atom. The highest BCUT2D eigenvalue weighted by atomic mass is 19.1. The molecule has 1 aromatic carbocycles. The van der Waals surface area contributed by atoms with Crippen LogP contribution in [0.3, 0.4) is 0 Å². The lowest BCUT2D eigenvalue weighted by Gasteiger charge is -2.32. The maximum atomic E-state index is 13.5. The van der Waals surface area contributed by atoms with Crippen LogP contribution < -0.4 is 4.90 Å². The van der Waals surface area contributed by atoms with Gasteiger partial charge in [-0.25, -0.2) is 8.78 Å². The first kappa shape index (κ1) is 11.8. The van der Waals surface area contributed by atoms with Crippen LogP contribution in [0.2, 0.25) is 0 Å². The molecule has 1 aromatic rings. The Balaban J connectivity index is 2.10. The molecule has 0 spiro atoms. The summed E-state index contributed by atoms with van der Waals surface area (Å²) in [5, 5.41) is 8.84. The molecule has 0 unspecified atom stereocenters. The van der Waals surface area contributed by atoms with Gasteiger partial charge in [0.2, 0.25) is 0 Å². The van der Waals surface area contributed by atoms with Crippen LogP contribution >= 0.6 is 0 Å². The summed E-state index contributed by atoms with van der Waals surface area (Å²) in [6.07, 6.45) is 0.927. The van der Waals surface area contributed by atoms with E-state index in [9.17, 15) is 13.6 Å². The van der Waals surface area contributed by atoms with E-state index in [1.807, 2.05) is 0 Å². The van der Waals surface area contributed by atoms with Gasteiger partial charge < -0.3 is 10.0 Å². The molecule has 5 heteroatoms. The quantitative estimate of drug-likeness (QED) is 0.863. The van der Waals surface area contributed by atoms with E-state index in [-0.39, 0.29) is 11.6 Å². The summed E-state index contributed by atoms with van der Waals surface area (Å²) < 4.78 is 26.5. The number of aliphatic carboxylic acids is 1. The molecule has 1 N–H and O–H groups in total. The van der Waals surface area contributed by atoms with E-state index in [4.69, 9.17) is 5.11 Å². The topological polar surface area (TPSA) is 40.5 Å². The Bertz CT molecular complexity index is 429. The van der Waals surface area contributed by atoms with Gasteiger partial charge in [-0.2, -0.15) is 0 Å². The van der Waals surface area contributed by atoms with Gasteiger partial charge in [-0.05, 0) is 25.0 Å². The van der Waals surface area contributed by atoms with Gasteiger partial charge in [-0.3, -0.25) is 4.79 Å². The molecule has 1 aliphatic rings. The van der Waals surface area contributed by atoms with Crippen molar-refractivity contribution in [1.29, 1.82) is 0 Å². The lowest BCUT2D eigenvalue weighted by Crippen LogP contribution is -2.36. The van der Waals surface area contributed by atoms with Crippen molar-refractivity contribution in [1.82, 2.24) is 0 Å². The van der Waals surface area contributed by atoms with Crippen molar-refractivity contribution in [3.8, 4) is 0 Å². The Hall–Kier alpha value is -1.65. The summed E-state index contributed by atoms with van der Waals surface area (Å²) in [7, 11) is 0. The average molecular weight is 241 g/mol. The van der Waals surface area contributed by atoms with Crippen molar-refractivity contribution in [2.24, 2.45) is 5.92 Å². The predicted molar refractivity (Wildman–Crippen MR) is 58.9 cm³/mol. The summed E-state index contributed by atoms with van der Waals surface area (Å²) in [5.41, 5.74) is 0.217. The van der Waals surface area contributed by atoms with Crippen LogP contribution in [0.25, 0.3) is 0 Å². The van der Waals surface area contributed by atoms with Crippen LogP contribution in [0, 0.1) is 17.6 Å². The molecule has 1 aliphatic heterocycles. The number of hydrogen-bond acceptors (Lipinski definition) is 2. The SMILES string of the molecule is O=C(O)C1CCN(c2cc(F)ccc2F)CC1. The van der Waals surface area contributed by atoms with Crippen molar-refractivity contribution >= 4 is 11.7 Å². The second kappa shape index (κ2) is 4.69. The fraction of sp³-hybridized carbons (Fsp3) is 0.417. The van der Waals surface area contributed by atoms with Crippen LogP contribution in [0.4, 0.5) is 14.5 Å². The lowest BCUT2D eigenvalue weighted by atomic mass is 9.97. The normalized spacial score (nSPS) is 17.2. The first-order valence-corrected chi connectivity index (χ1v) is 5.50. The maximum absolute atomic E-state index is 13.5. The summed E-state index contributed by atoms with van der Waals surface area (Å²) >= 11 is 0. The lowest BCUT2D eigenvalue weighted by molar-refractivity contribution is -0.142. The molecule has 0 aliphatic carbocycles. The predicted octanol–water partition coefficient (Wildman–Crippen LogP) is 2.27. The standard InChI is InChI=1S/C12H13F2NO2/c13-9-1-2-10(14)11(7-9)15-5-3-8(4-6-15)12(16)17/h1-2,7-8H,3-6H2,(H,16,17). The third kappa shape index (κ3) is 2.54. The highest BCUT2D eigenvalue weighted by molar-refractivity contribution is 5.70. The molecule has 1 heterocycles. The molecule has 0 radical (unpaired) electrons. The number of nitrogens with zero attached hydrogens (tertiary/aromatic N) is 1. The smallest absolute Gasteiger partial charge is 0.306 e. The van der Waals surface area contributed by atoms with Gasteiger partial charge >= 0.3 is 5.97 Å². The molecule has 0 amide bonds. The van der Waals surface area contributed by atoms with Crippen LogP contribution in [0.5, 0.6) is 0 Å². The van der Waals surface area contributed by atoms with E-state index < -0.39 is 17.6 Å². The monoisotopic (exact) mass is 241 g/mol. The van der Waals surface area contributed by atoms with Gasteiger partial charge in [0.05, 0.1) is 11.6 Å². The number of hydrogen-bond donors (Lipinski definition) is 1. The average Bonchev–Trinajstić information content (AvgIpc) is 2.32. The van der Waals surface area contributed by atoms with Crippen LogP contribution in [-0.4, -0.2) is 24.2 Å². The van der Waals surface area contributed by atoms with Gasteiger partial charge in [0, 0.05) is 19.2 Å². The van der Waals surface area contributed by atoms with Gasteiger partial charge in [0.25, 0.3) is 0 Å². The Labute approximate surface area is 97.7 Å². The zero-order valence-electron chi connectivity index (χ0n) is 9.20. The molecule has 92 valence electrons. The Morgan fingerprint density at radius 3 is 2.53 bits per heavy atom. The van der Waals surface area contributed by atoms with Crippen LogP contribution in [0.1, 0.15) is 12.8 Å².